The number of hydrogen-bond acceptors (Lipinski definition) is 4. The maximum atomic E-state index is 13.2. The highest BCUT2D eigenvalue weighted by Crippen LogP contribution is 2.21. The van der Waals surface area contributed by atoms with Gasteiger partial charge in [-0.1, -0.05) is 58.0 Å². The van der Waals surface area contributed by atoms with Crippen LogP contribution in [0.15, 0.2) is 44.7 Å². The van der Waals surface area contributed by atoms with E-state index in [1.54, 1.807) is 4.57 Å². The number of fused-ring (bicyclic) bond motifs is 1. The van der Waals surface area contributed by atoms with Crippen LogP contribution in [-0.2, 0) is 24.4 Å². The zero-order chi connectivity index (χ0) is 21.3. The minimum atomic E-state index is -0.559. The summed E-state index contributed by atoms with van der Waals surface area (Å²) in [6.45, 7) is 8.02. The molecule has 0 N–H and O–H groups in total. The molecule has 0 spiro atoms. The lowest BCUT2D eigenvalue weighted by atomic mass is 9.91. The SMILES string of the molecule is CCCn1c(=O)c2c(nc(Br)n2CC(=O)C(C)(C)C)n(Cc2ccccc2)c1=O. The molecule has 3 aromatic rings. The van der Waals surface area contributed by atoms with E-state index < -0.39 is 16.7 Å². The molecular weight excluding hydrogens is 436 g/mol. The molecule has 154 valence electrons. The predicted octanol–water partition coefficient (Wildman–Crippen LogP) is 3.20. The number of aromatic nitrogens is 4. The third-order valence-electron chi connectivity index (χ3n) is 4.84. The number of carbonyl (C=O) groups is 1. The van der Waals surface area contributed by atoms with Crippen molar-refractivity contribution < 1.29 is 4.79 Å². The van der Waals surface area contributed by atoms with Gasteiger partial charge in [-0.15, -0.1) is 0 Å². The molecule has 2 heterocycles. The van der Waals surface area contributed by atoms with Crippen LogP contribution in [0, 0.1) is 5.41 Å². The van der Waals surface area contributed by atoms with E-state index in [0.29, 0.717) is 17.7 Å². The monoisotopic (exact) mass is 460 g/mol. The Balaban J connectivity index is 2.28. The lowest BCUT2D eigenvalue weighted by Gasteiger charge is -2.17. The zero-order valence-corrected chi connectivity index (χ0v) is 18.7. The first kappa shape index (κ1) is 21.2. The molecule has 0 saturated heterocycles. The molecule has 0 aliphatic heterocycles. The molecule has 0 saturated carbocycles. The van der Waals surface area contributed by atoms with E-state index in [1.165, 1.54) is 9.13 Å². The van der Waals surface area contributed by atoms with Crippen molar-refractivity contribution in [2.45, 2.75) is 53.8 Å². The van der Waals surface area contributed by atoms with E-state index in [0.717, 1.165) is 5.56 Å². The summed E-state index contributed by atoms with van der Waals surface area (Å²) in [6, 6.07) is 9.54. The Kier molecular flexibility index (Phi) is 5.93. The van der Waals surface area contributed by atoms with Gasteiger partial charge in [0.1, 0.15) is 0 Å². The molecule has 2 aromatic heterocycles. The summed E-state index contributed by atoms with van der Waals surface area (Å²) in [6.07, 6.45) is 0.641. The molecule has 3 rings (SSSR count). The first-order valence-electron chi connectivity index (χ1n) is 9.61. The average Bonchev–Trinajstić information content (AvgIpc) is 2.98. The molecule has 0 aliphatic carbocycles. The van der Waals surface area contributed by atoms with Gasteiger partial charge in [0.15, 0.2) is 21.7 Å². The second kappa shape index (κ2) is 8.10. The highest BCUT2D eigenvalue weighted by molar-refractivity contribution is 9.10. The van der Waals surface area contributed by atoms with Crippen LogP contribution >= 0.6 is 15.9 Å². The van der Waals surface area contributed by atoms with Crippen molar-refractivity contribution in [1.82, 2.24) is 18.7 Å². The maximum absolute atomic E-state index is 13.2. The van der Waals surface area contributed by atoms with Crippen LogP contribution < -0.4 is 11.2 Å². The highest BCUT2D eigenvalue weighted by atomic mass is 79.9. The fourth-order valence-corrected chi connectivity index (χ4v) is 3.59. The predicted molar refractivity (Wildman–Crippen MR) is 116 cm³/mol. The van der Waals surface area contributed by atoms with Crippen molar-refractivity contribution in [3.05, 3.63) is 61.5 Å². The van der Waals surface area contributed by atoms with Crippen molar-refractivity contribution in [2.24, 2.45) is 5.41 Å². The van der Waals surface area contributed by atoms with E-state index in [1.807, 2.05) is 58.0 Å². The third kappa shape index (κ3) is 4.12. The minimum Gasteiger partial charge on any atom is -0.305 e. The standard InChI is InChI=1S/C21H25BrN4O3/c1-5-11-24-18(28)16-17(23-19(22)25(16)13-15(27)21(2,3)4)26(20(24)29)12-14-9-7-6-8-10-14/h6-10H,5,11-13H2,1-4H3. The van der Waals surface area contributed by atoms with Crippen molar-refractivity contribution in [3.63, 3.8) is 0 Å². The summed E-state index contributed by atoms with van der Waals surface area (Å²) >= 11 is 3.38. The number of halogens is 1. The molecule has 7 nitrogen and oxygen atoms in total. The van der Waals surface area contributed by atoms with E-state index >= 15 is 0 Å². The Hall–Kier alpha value is -2.48. The second-order valence-electron chi connectivity index (χ2n) is 8.12. The van der Waals surface area contributed by atoms with Gasteiger partial charge in [-0.3, -0.25) is 18.7 Å². The fourth-order valence-electron chi connectivity index (χ4n) is 3.12. The molecule has 0 atom stereocenters. The van der Waals surface area contributed by atoms with Crippen LogP contribution in [-0.4, -0.2) is 24.5 Å². The number of hydrogen-bond donors (Lipinski definition) is 0. The lowest BCUT2D eigenvalue weighted by Crippen LogP contribution is -2.41. The molecular formula is C21H25BrN4O3. The quantitative estimate of drug-likeness (QED) is 0.529. The van der Waals surface area contributed by atoms with E-state index in [2.05, 4.69) is 20.9 Å². The average molecular weight is 461 g/mol. The summed E-state index contributed by atoms with van der Waals surface area (Å²) in [5.41, 5.74) is 0.0950. The number of benzene rings is 1. The van der Waals surface area contributed by atoms with Crippen molar-refractivity contribution in [1.29, 1.82) is 0 Å². The molecule has 0 fully saturated rings. The Labute approximate surface area is 177 Å². The first-order valence-corrected chi connectivity index (χ1v) is 10.4. The summed E-state index contributed by atoms with van der Waals surface area (Å²) in [4.78, 5) is 43.4. The van der Waals surface area contributed by atoms with Crippen molar-refractivity contribution in [3.8, 4) is 0 Å². The van der Waals surface area contributed by atoms with Crippen LogP contribution in [0.1, 0.15) is 39.7 Å². The molecule has 0 aliphatic rings. The minimum absolute atomic E-state index is 0.00545. The first-order chi connectivity index (χ1) is 13.6. The fraction of sp³-hybridized carbons (Fsp3) is 0.429. The van der Waals surface area contributed by atoms with Gasteiger partial charge in [-0.05, 0) is 27.9 Å². The van der Waals surface area contributed by atoms with Crippen LogP contribution in [0.2, 0.25) is 0 Å². The molecule has 0 bridgehead atoms. The van der Waals surface area contributed by atoms with Gasteiger partial charge < -0.3 is 4.57 Å². The van der Waals surface area contributed by atoms with E-state index in [4.69, 9.17) is 0 Å². The van der Waals surface area contributed by atoms with Gasteiger partial charge in [-0.2, -0.15) is 0 Å². The number of imidazole rings is 1. The summed E-state index contributed by atoms with van der Waals surface area (Å²) in [7, 11) is 0. The number of nitrogens with zero attached hydrogens (tertiary/aromatic N) is 4. The highest BCUT2D eigenvalue weighted by Gasteiger charge is 2.26. The van der Waals surface area contributed by atoms with Gasteiger partial charge in [0.05, 0.1) is 13.1 Å². The number of carbonyl (C=O) groups excluding carboxylic acids is 1. The molecule has 0 unspecified atom stereocenters. The van der Waals surface area contributed by atoms with Crippen LogP contribution in [0.3, 0.4) is 0 Å². The van der Waals surface area contributed by atoms with E-state index in [-0.39, 0.29) is 30.0 Å². The Bertz CT molecular complexity index is 1170. The molecule has 0 amide bonds. The maximum Gasteiger partial charge on any atom is 0.333 e. The van der Waals surface area contributed by atoms with Gasteiger partial charge >= 0.3 is 5.69 Å². The normalized spacial score (nSPS) is 11.9. The van der Waals surface area contributed by atoms with Crippen LogP contribution in [0.4, 0.5) is 0 Å². The second-order valence-corrected chi connectivity index (χ2v) is 8.83. The third-order valence-corrected chi connectivity index (χ3v) is 5.44. The van der Waals surface area contributed by atoms with Crippen LogP contribution in [0.5, 0.6) is 0 Å². The summed E-state index contributed by atoms with van der Waals surface area (Å²) in [5, 5.41) is 0. The molecule has 0 radical (unpaired) electrons. The Morgan fingerprint density at radius 1 is 1.07 bits per heavy atom. The molecule has 1 aromatic carbocycles. The number of Topliss-reactive ketones (excluding diaryl/α,β-unsaturated/α-hetero) is 1. The lowest BCUT2D eigenvalue weighted by molar-refractivity contribution is -0.126. The summed E-state index contributed by atoms with van der Waals surface area (Å²) < 4.78 is 4.66. The Morgan fingerprint density at radius 3 is 2.31 bits per heavy atom. The largest absolute Gasteiger partial charge is 0.333 e. The van der Waals surface area contributed by atoms with E-state index in [9.17, 15) is 14.4 Å². The van der Waals surface area contributed by atoms with Gasteiger partial charge in [0.25, 0.3) is 5.56 Å². The number of ketones is 1. The topological polar surface area (TPSA) is 78.9 Å². The van der Waals surface area contributed by atoms with Crippen molar-refractivity contribution >= 4 is 32.9 Å². The Morgan fingerprint density at radius 2 is 1.72 bits per heavy atom. The zero-order valence-electron chi connectivity index (χ0n) is 17.1. The number of rotatable bonds is 6. The van der Waals surface area contributed by atoms with Crippen molar-refractivity contribution in [2.75, 3.05) is 0 Å². The molecule has 29 heavy (non-hydrogen) atoms. The van der Waals surface area contributed by atoms with Crippen LogP contribution in [0.25, 0.3) is 11.2 Å². The van der Waals surface area contributed by atoms with Gasteiger partial charge in [-0.25, -0.2) is 9.78 Å². The van der Waals surface area contributed by atoms with Gasteiger partial charge in [0.2, 0.25) is 0 Å². The summed E-state index contributed by atoms with van der Waals surface area (Å²) in [5.74, 6) is -0.0280. The van der Waals surface area contributed by atoms with Gasteiger partial charge in [0, 0.05) is 12.0 Å². The molecule has 8 heteroatoms. The smallest absolute Gasteiger partial charge is 0.305 e.